The van der Waals surface area contributed by atoms with Crippen LogP contribution in [0.15, 0.2) is 60.7 Å². The average molecular weight is 223 g/mol. The maximum Gasteiger partial charge on any atom is 0.189 e. The van der Waals surface area contributed by atoms with Crippen molar-refractivity contribution >= 4 is 11.8 Å². The third kappa shape index (κ3) is 2.16. The van der Waals surface area contributed by atoms with Gasteiger partial charge in [0.15, 0.2) is 6.23 Å². The Labute approximate surface area is 101 Å². The second-order valence-corrected chi connectivity index (χ2v) is 3.95. The molecule has 0 bridgehead atoms. The van der Waals surface area contributed by atoms with E-state index in [1.807, 2.05) is 48.5 Å². The van der Waals surface area contributed by atoms with Gasteiger partial charge in [-0.05, 0) is 23.8 Å². The number of rotatable bonds is 2. The number of benzene rings is 2. The molecule has 0 saturated carbocycles. The molecule has 0 aliphatic carbocycles. The number of fused-ring (bicyclic) bond motifs is 1. The molecule has 0 saturated heterocycles. The van der Waals surface area contributed by atoms with Crippen molar-refractivity contribution in [2.45, 2.75) is 6.23 Å². The van der Waals surface area contributed by atoms with Gasteiger partial charge in [-0.1, -0.05) is 48.5 Å². The molecule has 1 unspecified atom stereocenters. The van der Waals surface area contributed by atoms with Crippen molar-refractivity contribution in [3.63, 3.8) is 0 Å². The van der Waals surface area contributed by atoms with E-state index in [9.17, 15) is 0 Å². The van der Waals surface area contributed by atoms with Gasteiger partial charge in [0.1, 0.15) is 5.75 Å². The largest absolute Gasteiger partial charge is 0.465 e. The number of hydrogen-bond donors (Lipinski definition) is 1. The van der Waals surface area contributed by atoms with E-state index in [-0.39, 0.29) is 6.23 Å². The third-order valence-electron chi connectivity index (χ3n) is 2.70. The molecule has 1 aliphatic rings. The molecule has 2 heteroatoms. The summed E-state index contributed by atoms with van der Waals surface area (Å²) in [6, 6.07) is 18.2. The fraction of sp³-hybridized carbons (Fsp3) is 0.0667. The van der Waals surface area contributed by atoms with E-state index in [1.54, 1.807) is 0 Å². The minimum Gasteiger partial charge on any atom is -0.465 e. The van der Waals surface area contributed by atoms with Crippen LogP contribution in [0.3, 0.4) is 0 Å². The standard InChI is InChI=1S/C15H13NO/c1-2-6-12(7-3-1)10-11-15-16-13-8-4-5-9-14(13)17-15/h1-11,15-16H. The zero-order valence-electron chi connectivity index (χ0n) is 9.34. The van der Waals surface area contributed by atoms with E-state index in [4.69, 9.17) is 4.74 Å². The lowest BCUT2D eigenvalue weighted by Gasteiger charge is -2.04. The van der Waals surface area contributed by atoms with Crippen molar-refractivity contribution in [3.8, 4) is 5.75 Å². The van der Waals surface area contributed by atoms with Gasteiger partial charge in [-0.2, -0.15) is 0 Å². The van der Waals surface area contributed by atoms with Gasteiger partial charge in [0.05, 0.1) is 5.69 Å². The monoisotopic (exact) mass is 223 g/mol. The summed E-state index contributed by atoms with van der Waals surface area (Å²) in [4.78, 5) is 0. The Kier molecular flexibility index (Phi) is 2.54. The number of anilines is 1. The Morgan fingerprint density at radius 3 is 2.53 bits per heavy atom. The molecule has 17 heavy (non-hydrogen) atoms. The number of nitrogens with one attached hydrogen (secondary N) is 1. The lowest BCUT2D eigenvalue weighted by molar-refractivity contribution is 0.303. The van der Waals surface area contributed by atoms with Crippen molar-refractivity contribution in [2.24, 2.45) is 0 Å². The highest BCUT2D eigenvalue weighted by molar-refractivity contribution is 5.61. The molecule has 0 amide bonds. The molecule has 0 spiro atoms. The van der Waals surface area contributed by atoms with Crippen LogP contribution in [0.1, 0.15) is 5.56 Å². The summed E-state index contributed by atoms with van der Waals surface area (Å²) < 4.78 is 5.73. The van der Waals surface area contributed by atoms with Gasteiger partial charge < -0.3 is 10.1 Å². The Bertz CT molecular complexity index is 509. The molecule has 2 aromatic rings. The zero-order valence-corrected chi connectivity index (χ0v) is 9.34. The summed E-state index contributed by atoms with van der Waals surface area (Å²) in [6.45, 7) is 0. The van der Waals surface area contributed by atoms with Crippen molar-refractivity contribution in [1.29, 1.82) is 0 Å². The Hall–Kier alpha value is -2.22. The lowest BCUT2D eigenvalue weighted by atomic mass is 10.2. The van der Waals surface area contributed by atoms with Crippen LogP contribution in [0, 0.1) is 0 Å². The average Bonchev–Trinajstić information content (AvgIpc) is 2.80. The minimum atomic E-state index is -0.0763. The van der Waals surface area contributed by atoms with Gasteiger partial charge in [-0.3, -0.25) is 0 Å². The maximum atomic E-state index is 5.73. The molecule has 1 atom stereocenters. The van der Waals surface area contributed by atoms with E-state index >= 15 is 0 Å². The topological polar surface area (TPSA) is 21.3 Å². The summed E-state index contributed by atoms with van der Waals surface area (Å²) in [7, 11) is 0. The van der Waals surface area contributed by atoms with Crippen LogP contribution in [-0.2, 0) is 0 Å². The van der Waals surface area contributed by atoms with E-state index < -0.39 is 0 Å². The van der Waals surface area contributed by atoms with E-state index in [0.717, 1.165) is 11.4 Å². The summed E-state index contributed by atoms with van der Waals surface area (Å²) in [5.74, 6) is 0.912. The van der Waals surface area contributed by atoms with Gasteiger partial charge in [0.25, 0.3) is 0 Å². The Morgan fingerprint density at radius 1 is 0.941 bits per heavy atom. The van der Waals surface area contributed by atoms with Crippen LogP contribution >= 0.6 is 0 Å². The molecule has 0 radical (unpaired) electrons. The van der Waals surface area contributed by atoms with Gasteiger partial charge in [-0.25, -0.2) is 0 Å². The highest BCUT2D eigenvalue weighted by Crippen LogP contribution is 2.31. The Morgan fingerprint density at radius 2 is 1.71 bits per heavy atom. The predicted molar refractivity (Wildman–Crippen MR) is 70.0 cm³/mol. The Balaban J connectivity index is 1.72. The fourth-order valence-corrected chi connectivity index (χ4v) is 1.86. The van der Waals surface area contributed by atoms with Gasteiger partial charge in [0, 0.05) is 0 Å². The molecule has 3 rings (SSSR count). The van der Waals surface area contributed by atoms with Gasteiger partial charge in [0.2, 0.25) is 0 Å². The SMILES string of the molecule is C(=CC1Nc2ccccc2O1)c1ccccc1. The van der Waals surface area contributed by atoms with Crippen LogP contribution in [0.4, 0.5) is 5.69 Å². The number of ether oxygens (including phenoxy) is 1. The van der Waals surface area contributed by atoms with Gasteiger partial charge >= 0.3 is 0 Å². The maximum absolute atomic E-state index is 5.73. The van der Waals surface area contributed by atoms with E-state index in [1.165, 1.54) is 5.56 Å². The van der Waals surface area contributed by atoms with Crippen molar-refractivity contribution in [1.82, 2.24) is 0 Å². The number of para-hydroxylation sites is 2. The van der Waals surface area contributed by atoms with E-state index in [2.05, 4.69) is 23.5 Å². The molecule has 2 aromatic carbocycles. The number of hydrogen-bond acceptors (Lipinski definition) is 2. The second kappa shape index (κ2) is 4.34. The zero-order chi connectivity index (χ0) is 11.5. The molecular formula is C15H13NO. The first-order valence-corrected chi connectivity index (χ1v) is 5.67. The van der Waals surface area contributed by atoms with Crippen LogP contribution < -0.4 is 10.1 Å². The highest BCUT2D eigenvalue weighted by atomic mass is 16.5. The molecule has 0 aromatic heterocycles. The third-order valence-corrected chi connectivity index (χ3v) is 2.70. The first kappa shape index (κ1) is 9.97. The molecule has 1 heterocycles. The minimum absolute atomic E-state index is 0.0763. The first-order valence-electron chi connectivity index (χ1n) is 5.67. The molecule has 1 N–H and O–H groups in total. The molecule has 84 valence electrons. The normalized spacial score (nSPS) is 17.5. The first-order chi connectivity index (χ1) is 8.42. The molecule has 2 nitrogen and oxygen atoms in total. The van der Waals surface area contributed by atoms with Crippen LogP contribution in [0.25, 0.3) is 6.08 Å². The van der Waals surface area contributed by atoms with Crippen LogP contribution in [0.2, 0.25) is 0 Å². The summed E-state index contributed by atoms with van der Waals surface area (Å²) in [5.41, 5.74) is 2.23. The molecular weight excluding hydrogens is 210 g/mol. The van der Waals surface area contributed by atoms with E-state index in [0.29, 0.717) is 0 Å². The lowest BCUT2D eigenvalue weighted by Crippen LogP contribution is -2.16. The quantitative estimate of drug-likeness (QED) is 0.841. The predicted octanol–water partition coefficient (Wildman–Crippen LogP) is 3.53. The smallest absolute Gasteiger partial charge is 0.189 e. The van der Waals surface area contributed by atoms with Crippen molar-refractivity contribution in [2.75, 3.05) is 5.32 Å². The van der Waals surface area contributed by atoms with Crippen molar-refractivity contribution < 1.29 is 4.74 Å². The second-order valence-electron chi connectivity index (χ2n) is 3.95. The summed E-state index contributed by atoms with van der Waals surface area (Å²) in [6.07, 6.45) is 4.01. The summed E-state index contributed by atoms with van der Waals surface area (Å²) in [5, 5.41) is 3.30. The molecule has 1 aliphatic heterocycles. The molecule has 0 fully saturated rings. The highest BCUT2D eigenvalue weighted by Gasteiger charge is 2.17. The fourth-order valence-electron chi connectivity index (χ4n) is 1.86. The van der Waals surface area contributed by atoms with Crippen molar-refractivity contribution in [3.05, 3.63) is 66.2 Å². The summed E-state index contributed by atoms with van der Waals surface area (Å²) >= 11 is 0. The van der Waals surface area contributed by atoms with Crippen LogP contribution in [-0.4, -0.2) is 6.23 Å². The van der Waals surface area contributed by atoms with Gasteiger partial charge in [-0.15, -0.1) is 0 Å². The van der Waals surface area contributed by atoms with Crippen LogP contribution in [0.5, 0.6) is 5.75 Å².